The first-order valence-electron chi connectivity index (χ1n) is 5.40. The second kappa shape index (κ2) is 5.90. The van der Waals surface area contributed by atoms with Crippen LogP contribution in [0, 0.1) is 5.92 Å². The second-order valence-electron chi connectivity index (χ2n) is 4.15. The van der Waals surface area contributed by atoms with Crippen molar-refractivity contribution < 1.29 is 24.5 Å². The van der Waals surface area contributed by atoms with E-state index in [1.165, 1.54) is 12.1 Å². The Morgan fingerprint density at radius 1 is 1.39 bits per heavy atom. The fraction of sp³-hybridized carbons (Fsp3) is 0.333. The molecule has 1 amide bonds. The molecule has 0 aliphatic rings. The highest BCUT2D eigenvalue weighted by molar-refractivity contribution is 5.93. The van der Waals surface area contributed by atoms with E-state index < -0.39 is 12.1 Å². The lowest BCUT2D eigenvalue weighted by molar-refractivity contribution is 0.0693. The summed E-state index contributed by atoms with van der Waals surface area (Å²) in [5, 5.41) is 20.5. The van der Waals surface area contributed by atoms with Gasteiger partial charge in [0.2, 0.25) is 0 Å². The van der Waals surface area contributed by atoms with Crippen LogP contribution >= 0.6 is 0 Å². The van der Waals surface area contributed by atoms with E-state index in [0.29, 0.717) is 0 Å². The van der Waals surface area contributed by atoms with Gasteiger partial charge in [-0.1, -0.05) is 13.8 Å². The van der Waals surface area contributed by atoms with Gasteiger partial charge < -0.3 is 14.9 Å². The smallest absolute Gasteiger partial charge is 0.411 e. The third-order valence-electron chi connectivity index (χ3n) is 2.02. The summed E-state index contributed by atoms with van der Waals surface area (Å²) in [5.74, 6) is -1.42. The summed E-state index contributed by atoms with van der Waals surface area (Å²) >= 11 is 0. The fourth-order valence-corrected chi connectivity index (χ4v) is 1.18. The molecule has 0 bridgehead atoms. The van der Waals surface area contributed by atoms with Crippen LogP contribution in [0.15, 0.2) is 18.2 Å². The first kappa shape index (κ1) is 13.8. The van der Waals surface area contributed by atoms with Crippen LogP contribution in [0.5, 0.6) is 5.75 Å². The Kier molecular flexibility index (Phi) is 4.53. The van der Waals surface area contributed by atoms with Crippen molar-refractivity contribution in [2.75, 3.05) is 11.9 Å². The SMILES string of the molecule is CC(C)COC(=O)Nc1ccc(O)c(C(=O)O)c1. The highest BCUT2D eigenvalue weighted by Crippen LogP contribution is 2.21. The second-order valence-corrected chi connectivity index (χ2v) is 4.15. The standard InChI is InChI=1S/C12H15NO5/c1-7(2)6-18-12(17)13-8-3-4-10(14)9(5-8)11(15)16/h3-5,7,14H,6H2,1-2H3,(H,13,17)(H,15,16). The number of aromatic hydroxyl groups is 1. The normalized spacial score (nSPS) is 10.2. The maximum atomic E-state index is 11.3. The fourth-order valence-electron chi connectivity index (χ4n) is 1.18. The van der Waals surface area contributed by atoms with Crippen molar-refractivity contribution in [1.82, 2.24) is 0 Å². The van der Waals surface area contributed by atoms with Crippen LogP contribution < -0.4 is 5.32 Å². The van der Waals surface area contributed by atoms with Crippen molar-refractivity contribution in [3.05, 3.63) is 23.8 Å². The minimum Gasteiger partial charge on any atom is -0.507 e. The zero-order valence-corrected chi connectivity index (χ0v) is 10.1. The number of anilines is 1. The molecule has 0 radical (unpaired) electrons. The van der Waals surface area contributed by atoms with E-state index in [4.69, 9.17) is 9.84 Å². The van der Waals surface area contributed by atoms with Crippen molar-refractivity contribution in [2.24, 2.45) is 5.92 Å². The number of phenols is 1. The number of carbonyl (C=O) groups is 2. The molecule has 0 saturated carbocycles. The van der Waals surface area contributed by atoms with Crippen molar-refractivity contribution in [3.8, 4) is 5.75 Å². The Morgan fingerprint density at radius 2 is 2.06 bits per heavy atom. The zero-order chi connectivity index (χ0) is 13.7. The Morgan fingerprint density at radius 3 is 2.61 bits per heavy atom. The van der Waals surface area contributed by atoms with E-state index in [-0.39, 0.29) is 29.5 Å². The molecule has 0 saturated heterocycles. The number of hydrogen-bond donors (Lipinski definition) is 3. The molecule has 0 aliphatic heterocycles. The number of ether oxygens (including phenoxy) is 1. The minimum absolute atomic E-state index is 0.213. The first-order chi connectivity index (χ1) is 8.40. The molecule has 1 rings (SSSR count). The molecule has 0 spiro atoms. The monoisotopic (exact) mass is 253 g/mol. The molecule has 6 heteroatoms. The lowest BCUT2D eigenvalue weighted by Gasteiger charge is -2.09. The van der Waals surface area contributed by atoms with Crippen LogP contribution in [-0.4, -0.2) is 28.9 Å². The number of benzene rings is 1. The van der Waals surface area contributed by atoms with E-state index in [0.717, 1.165) is 6.07 Å². The van der Waals surface area contributed by atoms with Gasteiger partial charge in [0.25, 0.3) is 0 Å². The molecule has 0 aromatic heterocycles. The molecule has 0 unspecified atom stereocenters. The maximum absolute atomic E-state index is 11.3. The predicted octanol–water partition coefficient (Wildman–Crippen LogP) is 2.29. The van der Waals surface area contributed by atoms with Gasteiger partial charge >= 0.3 is 12.1 Å². The number of aromatic carboxylic acids is 1. The molecule has 0 fully saturated rings. The van der Waals surface area contributed by atoms with Gasteiger partial charge in [-0.3, -0.25) is 5.32 Å². The molecule has 1 aromatic rings. The number of hydrogen-bond acceptors (Lipinski definition) is 4. The van der Waals surface area contributed by atoms with Gasteiger partial charge in [-0.25, -0.2) is 9.59 Å². The number of carbonyl (C=O) groups excluding carboxylic acids is 1. The number of nitrogens with one attached hydrogen (secondary N) is 1. The summed E-state index contributed by atoms with van der Waals surface area (Å²) in [6.45, 7) is 4.07. The van der Waals surface area contributed by atoms with Gasteiger partial charge in [-0.05, 0) is 24.1 Å². The van der Waals surface area contributed by atoms with E-state index in [1.807, 2.05) is 13.8 Å². The van der Waals surface area contributed by atoms with Crippen molar-refractivity contribution >= 4 is 17.7 Å². The van der Waals surface area contributed by atoms with E-state index >= 15 is 0 Å². The van der Waals surface area contributed by atoms with Crippen LogP contribution in [0.1, 0.15) is 24.2 Å². The van der Waals surface area contributed by atoms with Gasteiger partial charge in [-0.2, -0.15) is 0 Å². The highest BCUT2D eigenvalue weighted by Gasteiger charge is 2.12. The predicted molar refractivity (Wildman–Crippen MR) is 64.9 cm³/mol. The van der Waals surface area contributed by atoms with Crippen molar-refractivity contribution in [1.29, 1.82) is 0 Å². The van der Waals surface area contributed by atoms with Crippen LogP contribution in [0.3, 0.4) is 0 Å². The Hall–Kier alpha value is -2.24. The van der Waals surface area contributed by atoms with Crippen LogP contribution in [0.4, 0.5) is 10.5 Å². The van der Waals surface area contributed by atoms with Gasteiger partial charge in [0.1, 0.15) is 11.3 Å². The molecule has 18 heavy (non-hydrogen) atoms. The summed E-state index contributed by atoms with van der Waals surface area (Å²) in [5.41, 5.74) is -0.0318. The summed E-state index contributed by atoms with van der Waals surface area (Å²) in [6, 6.07) is 3.74. The number of carboxylic acids is 1. The van der Waals surface area contributed by atoms with E-state index in [1.54, 1.807) is 0 Å². The molecular weight excluding hydrogens is 238 g/mol. The largest absolute Gasteiger partial charge is 0.507 e. The molecular formula is C12H15NO5. The van der Waals surface area contributed by atoms with Gasteiger partial charge in [0.15, 0.2) is 0 Å². The van der Waals surface area contributed by atoms with Crippen LogP contribution in [0.25, 0.3) is 0 Å². The van der Waals surface area contributed by atoms with Gasteiger partial charge in [0, 0.05) is 5.69 Å². The van der Waals surface area contributed by atoms with Gasteiger partial charge in [-0.15, -0.1) is 0 Å². The molecule has 6 nitrogen and oxygen atoms in total. The Labute approximate surface area is 104 Å². The first-order valence-corrected chi connectivity index (χ1v) is 5.40. The molecule has 0 aliphatic carbocycles. The summed E-state index contributed by atoms with van der Waals surface area (Å²) in [4.78, 5) is 22.1. The van der Waals surface area contributed by atoms with Crippen molar-refractivity contribution in [2.45, 2.75) is 13.8 Å². The van der Waals surface area contributed by atoms with E-state index in [9.17, 15) is 14.7 Å². The summed E-state index contributed by atoms with van der Waals surface area (Å²) in [6.07, 6.45) is -0.661. The van der Waals surface area contributed by atoms with Gasteiger partial charge in [0.05, 0.1) is 6.61 Å². The summed E-state index contributed by atoms with van der Waals surface area (Å²) in [7, 11) is 0. The summed E-state index contributed by atoms with van der Waals surface area (Å²) < 4.78 is 4.88. The average molecular weight is 253 g/mol. The maximum Gasteiger partial charge on any atom is 0.411 e. The quantitative estimate of drug-likeness (QED) is 0.715. The lowest BCUT2D eigenvalue weighted by Crippen LogP contribution is -2.16. The average Bonchev–Trinajstić information content (AvgIpc) is 2.28. The number of rotatable bonds is 4. The van der Waals surface area contributed by atoms with Crippen LogP contribution in [0.2, 0.25) is 0 Å². The highest BCUT2D eigenvalue weighted by atomic mass is 16.5. The molecule has 0 heterocycles. The minimum atomic E-state index is -1.27. The Balaban J connectivity index is 2.70. The topological polar surface area (TPSA) is 95.9 Å². The van der Waals surface area contributed by atoms with E-state index in [2.05, 4.69) is 5.32 Å². The van der Waals surface area contributed by atoms with Crippen LogP contribution in [-0.2, 0) is 4.74 Å². The zero-order valence-electron chi connectivity index (χ0n) is 10.1. The third-order valence-corrected chi connectivity index (χ3v) is 2.02. The molecule has 3 N–H and O–H groups in total. The molecule has 1 aromatic carbocycles. The number of carboxylic acid groups (broad SMARTS) is 1. The Bertz CT molecular complexity index is 456. The number of amides is 1. The van der Waals surface area contributed by atoms with Crippen molar-refractivity contribution in [3.63, 3.8) is 0 Å². The molecule has 98 valence electrons. The molecule has 0 atom stereocenters. The lowest BCUT2D eigenvalue weighted by atomic mass is 10.2. The third kappa shape index (κ3) is 3.97.